The van der Waals surface area contributed by atoms with Gasteiger partial charge >= 0.3 is 0 Å². The molecule has 27 heavy (non-hydrogen) atoms. The predicted molar refractivity (Wildman–Crippen MR) is 104 cm³/mol. The molecule has 4 rings (SSSR count). The minimum atomic E-state index is -0.404. The van der Waals surface area contributed by atoms with E-state index in [-0.39, 0.29) is 11.9 Å². The van der Waals surface area contributed by atoms with Gasteiger partial charge in [-0.25, -0.2) is 4.68 Å². The molecule has 2 heterocycles. The molecule has 5 heteroatoms. The third-order valence-electron chi connectivity index (χ3n) is 6.22. The highest BCUT2D eigenvalue weighted by Gasteiger charge is 2.39. The number of nitrogens with zero attached hydrogens (tertiary/aromatic N) is 3. The molecule has 1 aliphatic carbocycles. The van der Waals surface area contributed by atoms with Gasteiger partial charge in [0.2, 0.25) is 0 Å². The normalized spacial score (nSPS) is 22.4. The molecule has 2 aliphatic rings. The Kier molecular flexibility index (Phi) is 4.85. The smallest absolute Gasteiger partial charge is 0.295 e. The zero-order chi connectivity index (χ0) is 19.0. The second-order valence-electron chi connectivity index (χ2n) is 7.87. The molecule has 2 fully saturated rings. The second-order valence-corrected chi connectivity index (χ2v) is 7.87. The fraction of sp³-hybridized carbons (Fsp3) is 0.500. The first-order chi connectivity index (χ1) is 13.1. The maximum absolute atomic E-state index is 13.2. The monoisotopic (exact) mass is 365 g/mol. The van der Waals surface area contributed by atoms with Crippen LogP contribution in [0.15, 0.2) is 30.3 Å². The maximum Gasteiger partial charge on any atom is 0.295 e. The zero-order valence-electron chi connectivity index (χ0n) is 16.1. The summed E-state index contributed by atoms with van der Waals surface area (Å²) in [5.74, 6) is -0.178. The Balaban J connectivity index is 1.63. The van der Waals surface area contributed by atoms with Crippen LogP contribution >= 0.6 is 0 Å². The minimum Gasteiger partial charge on any atom is -0.333 e. The molecular formula is C22H27N3O2. The lowest BCUT2D eigenvalue weighted by Crippen LogP contribution is -2.51. The van der Waals surface area contributed by atoms with Gasteiger partial charge in [-0.05, 0) is 57.6 Å². The third-order valence-corrected chi connectivity index (χ3v) is 6.22. The highest BCUT2D eigenvalue weighted by Crippen LogP contribution is 2.35. The average Bonchev–Trinajstić information content (AvgIpc) is 3.01. The van der Waals surface area contributed by atoms with Crippen LogP contribution in [0.3, 0.4) is 0 Å². The van der Waals surface area contributed by atoms with Crippen LogP contribution < -0.4 is 0 Å². The molecule has 1 saturated carbocycles. The van der Waals surface area contributed by atoms with Crippen molar-refractivity contribution in [2.45, 2.75) is 58.4 Å². The third kappa shape index (κ3) is 3.20. The number of rotatable bonds is 3. The van der Waals surface area contributed by atoms with Crippen molar-refractivity contribution >= 4 is 11.7 Å². The van der Waals surface area contributed by atoms with Crippen molar-refractivity contribution < 1.29 is 9.59 Å². The fourth-order valence-electron chi connectivity index (χ4n) is 4.91. The van der Waals surface area contributed by atoms with Gasteiger partial charge in [-0.1, -0.05) is 31.0 Å². The summed E-state index contributed by atoms with van der Waals surface area (Å²) in [6, 6.07) is 9.97. The van der Waals surface area contributed by atoms with Crippen LogP contribution in [0.5, 0.6) is 0 Å². The molecule has 0 spiro atoms. The van der Waals surface area contributed by atoms with E-state index in [1.54, 1.807) is 4.68 Å². The van der Waals surface area contributed by atoms with E-state index in [4.69, 9.17) is 0 Å². The number of carbonyl (C=O) groups excluding carboxylic acids is 2. The first-order valence-corrected chi connectivity index (χ1v) is 10.0. The van der Waals surface area contributed by atoms with E-state index in [9.17, 15) is 9.59 Å². The number of piperidine rings is 1. The molecule has 142 valence electrons. The average molecular weight is 365 g/mol. The lowest BCUT2D eigenvalue weighted by molar-refractivity contribution is -0.132. The number of amides is 1. The van der Waals surface area contributed by atoms with Gasteiger partial charge in [0.25, 0.3) is 11.7 Å². The number of carbonyl (C=O) groups is 2. The Bertz CT molecular complexity index is 854. The first-order valence-electron chi connectivity index (χ1n) is 10.0. The Labute approximate surface area is 160 Å². The van der Waals surface area contributed by atoms with Crippen LogP contribution in [-0.4, -0.2) is 39.0 Å². The van der Waals surface area contributed by atoms with Crippen LogP contribution in [0, 0.1) is 19.8 Å². The molecule has 0 N–H and O–H groups in total. The van der Waals surface area contributed by atoms with Gasteiger partial charge in [-0.2, -0.15) is 5.10 Å². The molecule has 1 amide bonds. The Morgan fingerprint density at radius 3 is 2.48 bits per heavy atom. The number of likely N-dealkylation sites (tertiary alicyclic amines) is 1. The van der Waals surface area contributed by atoms with Crippen molar-refractivity contribution in [1.82, 2.24) is 14.7 Å². The van der Waals surface area contributed by atoms with Crippen molar-refractivity contribution in [3.05, 3.63) is 47.3 Å². The molecule has 2 atom stereocenters. The van der Waals surface area contributed by atoms with Gasteiger partial charge in [0.05, 0.1) is 22.6 Å². The largest absolute Gasteiger partial charge is 0.333 e. The lowest BCUT2D eigenvalue weighted by atomic mass is 9.78. The van der Waals surface area contributed by atoms with Gasteiger partial charge in [0.15, 0.2) is 0 Å². The summed E-state index contributed by atoms with van der Waals surface area (Å²) in [6.45, 7) is 4.39. The minimum absolute atomic E-state index is 0.244. The zero-order valence-corrected chi connectivity index (χ0v) is 16.1. The van der Waals surface area contributed by atoms with Crippen molar-refractivity contribution in [1.29, 1.82) is 0 Å². The van der Waals surface area contributed by atoms with E-state index in [0.717, 1.165) is 30.6 Å². The van der Waals surface area contributed by atoms with E-state index < -0.39 is 5.78 Å². The van der Waals surface area contributed by atoms with Gasteiger partial charge in [0.1, 0.15) is 0 Å². The van der Waals surface area contributed by atoms with Crippen LogP contribution in [0.2, 0.25) is 0 Å². The molecular weight excluding hydrogens is 338 g/mol. The van der Waals surface area contributed by atoms with Gasteiger partial charge in [0, 0.05) is 12.6 Å². The summed E-state index contributed by atoms with van der Waals surface area (Å²) in [7, 11) is 0. The quantitative estimate of drug-likeness (QED) is 0.613. The molecule has 0 bridgehead atoms. The van der Waals surface area contributed by atoms with Crippen molar-refractivity contribution in [2.75, 3.05) is 6.54 Å². The molecule has 1 aromatic heterocycles. The SMILES string of the molecule is Cc1nn(-c2ccccc2)c(C)c1C(=O)C(=O)N1CCC[C@@H]2CCCC[C@@H]21. The van der Waals surface area contributed by atoms with E-state index in [1.807, 2.05) is 49.1 Å². The fourth-order valence-corrected chi connectivity index (χ4v) is 4.91. The molecule has 1 aromatic carbocycles. The summed E-state index contributed by atoms with van der Waals surface area (Å²) in [5, 5.41) is 4.54. The van der Waals surface area contributed by atoms with E-state index in [2.05, 4.69) is 5.10 Å². The van der Waals surface area contributed by atoms with E-state index in [1.165, 1.54) is 19.3 Å². The number of para-hydroxylation sites is 1. The number of hydrogen-bond acceptors (Lipinski definition) is 3. The van der Waals surface area contributed by atoms with Gasteiger partial charge in [-0.3, -0.25) is 9.59 Å². The molecule has 2 aromatic rings. The molecule has 5 nitrogen and oxygen atoms in total. The van der Waals surface area contributed by atoms with Crippen molar-refractivity contribution in [2.24, 2.45) is 5.92 Å². The van der Waals surface area contributed by atoms with Crippen LogP contribution in [0.4, 0.5) is 0 Å². The van der Waals surface area contributed by atoms with Crippen molar-refractivity contribution in [3.63, 3.8) is 0 Å². The Morgan fingerprint density at radius 2 is 1.70 bits per heavy atom. The highest BCUT2D eigenvalue weighted by molar-refractivity contribution is 6.43. The van der Waals surface area contributed by atoms with Gasteiger partial charge < -0.3 is 4.90 Å². The highest BCUT2D eigenvalue weighted by atomic mass is 16.2. The number of hydrogen-bond donors (Lipinski definition) is 0. The van der Waals surface area contributed by atoms with E-state index in [0.29, 0.717) is 23.7 Å². The first kappa shape index (κ1) is 18.0. The molecule has 0 radical (unpaired) electrons. The standard InChI is InChI=1S/C22H27N3O2/c1-15-20(16(2)25(23-15)18-11-4-3-5-12-18)21(26)22(27)24-14-8-10-17-9-6-7-13-19(17)24/h3-5,11-12,17,19H,6-10,13-14H2,1-2H3/t17-,19-/m0/s1. The van der Waals surface area contributed by atoms with E-state index >= 15 is 0 Å². The summed E-state index contributed by atoms with van der Waals surface area (Å²) in [4.78, 5) is 28.2. The summed E-state index contributed by atoms with van der Waals surface area (Å²) in [5.41, 5.74) is 2.71. The maximum atomic E-state index is 13.2. The number of fused-ring (bicyclic) bond motifs is 1. The summed E-state index contributed by atoms with van der Waals surface area (Å²) >= 11 is 0. The van der Waals surface area contributed by atoms with Crippen LogP contribution in [0.25, 0.3) is 5.69 Å². The molecule has 1 saturated heterocycles. The van der Waals surface area contributed by atoms with Crippen LogP contribution in [-0.2, 0) is 4.79 Å². The molecule has 0 unspecified atom stereocenters. The Hall–Kier alpha value is -2.43. The molecule has 1 aliphatic heterocycles. The number of Topliss-reactive ketones (excluding diaryl/α,β-unsaturated/α-hetero) is 1. The summed E-state index contributed by atoms with van der Waals surface area (Å²) < 4.78 is 1.76. The lowest BCUT2D eigenvalue weighted by Gasteiger charge is -2.43. The number of aryl methyl sites for hydroxylation is 1. The Morgan fingerprint density at radius 1 is 1.00 bits per heavy atom. The summed E-state index contributed by atoms with van der Waals surface area (Å²) in [6.07, 6.45) is 6.81. The van der Waals surface area contributed by atoms with Crippen LogP contribution in [0.1, 0.15) is 60.3 Å². The second kappa shape index (κ2) is 7.29. The van der Waals surface area contributed by atoms with Crippen molar-refractivity contribution in [3.8, 4) is 5.69 Å². The van der Waals surface area contributed by atoms with Gasteiger partial charge in [-0.15, -0.1) is 0 Å². The topological polar surface area (TPSA) is 55.2 Å². The number of aromatic nitrogens is 2. The predicted octanol–water partition coefficient (Wildman–Crippen LogP) is 3.85. The number of benzene rings is 1. The number of ketones is 1.